The van der Waals surface area contributed by atoms with E-state index < -0.39 is 0 Å². The standard InChI is InChI=1S/C14H22N2O3/c1-9(2)5-6-14(17)16-11-8-13(19-4)12(18-3)7-10(11)15/h7-9H,5-6,15H2,1-4H3,(H,16,17). The summed E-state index contributed by atoms with van der Waals surface area (Å²) < 4.78 is 10.3. The molecule has 0 aliphatic rings. The van der Waals surface area contributed by atoms with Gasteiger partial charge < -0.3 is 20.5 Å². The molecule has 0 aliphatic carbocycles. The SMILES string of the molecule is COc1cc(N)c(NC(=O)CCC(C)C)cc1OC. The zero-order valence-corrected chi connectivity index (χ0v) is 11.9. The molecule has 0 spiro atoms. The van der Waals surface area contributed by atoms with Crippen molar-refractivity contribution < 1.29 is 14.3 Å². The zero-order chi connectivity index (χ0) is 14.4. The number of methoxy groups -OCH3 is 2. The minimum atomic E-state index is -0.0485. The maximum Gasteiger partial charge on any atom is 0.224 e. The van der Waals surface area contributed by atoms with Crippen LogP contribution in [0.2, 0.25) is 0 Å². The Bertz CT molecular complexity index is 445. The number of nitrogen functional groups attached to an aromatic ring is 1. The van der Waals surface area contributed by atoms with Crippen LogP contribution < -0.4 is 20.5 Å². The van der Waals surface area contributed by atoms with Crippen LogP contribution in [0.5, 0.6) is 11.5 Å². The van der Waals surface area contributed by atoms with Crippen LogP contribution in [0.15, 0.2) is 12.1 Å². The number of ether oxygens (including phenoxy) is 2. The summed E-state index contributed by atoms with van der Waals surface area (Å²) in [6, 6.07) is 3.30. The monoisotopic (exact) mass is 266 g/mol. The third-order valence-corrected chi connectivity index (χ3v) is 2.78. The average molecular weight is 266 g/mol. The van der Waals surface area contributed by atoms with Crippen molar-refractivity contribution in [2.45, 2.75) is 26.7 Å². The lowest BCUT2D eigenvalue weighted by Crippen LogP contribution is -2.13. The van der Waals surface area contributed by atoms with Gasteiger partial charge in [0.25, 0.3) is 0 Å². The van der Waals surface area contributed by atoms with Crippen molar-refractivity contribution in [3.05, 3.63) is 12.1 Å². The van der Waals surface area contributed by atoms with Crippen LogP contribution in [0.3, 0.4) is 0 Å². The number of rotatable bonds is 6. The highest BCUT2D eigenvalue weighted by Crippen LogP contribution is 2.34. The maximum atomic E-state index is 11.8. The predicted octanol–water partition coefficient (Wildman–Crippen LogP) is 2.66. The van der Waals surface area contributed by atoms with Crippen LogP contribution in [0.4, 0.5) is 11.4 Å². The molecule has 0 radical (unpaired) electrons. The van der Waals surface area contributed by atoms with Gasteiger partial charge in [0.2, 0.25) is 5.91 Å². The first-order valence-corrected chi connectivity index (χ1v) is 6.29. The summed E-state index contributed by atoms with van der Waals surface area (Å²) in [5.41, 5.74) is 6.88. The highest BCUT2D eigenvalue weighted by atomic mass is 16.5. The van der Waals surface area contributed by atoms with Crippen molar-refractivity contribution in [3.8, 4) is 11.5 Å². The Balaban J connectivity index is 2.80. The number of amides is 1. The second-order valence-electron chi connectivity index (χ2n) is 4.78. The maximum absolute atomic E-state index is 11.8. The Kier molecular flexibility index (Phi) is 5.48. The summed E-state index contributed by atoms with van der Waals surface area (Å²) in [6.45, 7) is 4.16. The van der Waals surface area contributed by atoms with Crippen molar-refractivity contribution in [1.82, 2.24) is 0 Å². The van der Waals surface area contributed by atoms with Crippen molar-refractivity contribution in [2.24, 2.45) is 5.92 Å². The van der Waals surface area contributed by atoms with Gasteiger partial charge in [0.15, 0.2) is 11.5 Å². The Morgan fingerprint density at radius 3 is 2.37 bits per heavy atom. The Hall–Kier alpha value is -1.91. The van der Waals surface area contributed by atoms with E-state index in [1.807, 2.05) is 0 Å². The molecule has 0 aromatic heterocycles. The molecule has 0 saturated carbocycles. The third-order valence-electron chi connectivity index (χ3n) is 2.78. The number of hydrogen-bond acceptors (Lipinski definition) is 4. The lowest BCUT2D eigenvalue weighted by molar-refractivity contribution is -0.116. The first-order chi connectivity index (χ1) is 8.97. The quantitative estimate of drug-likeness (QED) is 0.776. The second kappa shape index (κ2) is 6.87. The topological polar surface area (TPSA) is 73.6 Å². The summed E-state index contributed by atoms with van der Waals surface area (Å²) in [7, 11) is 3.08. The third kappa shape index (κ3) is 4.35. The molecule has 1 rings (SSSR count). The van der Waals surface area contributed by atoms with Gasteiger partial charge in [-0.15, -0.1) is 0 Å². The van der Waals surface area contributed by atoms with Gasteiger partial charge in [0.1, 0.15) is 0 Å². The average Bonchev–Trinajstić information content (AvgIpc) is 2.38. The first-order valence-electron chi connectivity index (χ1n) is 6.29. The lowest BCUT2D eigenvalue weighted by Gasteiger charge is -2.13. The minimum Gasteiger partial charge on any atom is -0.493 e. The van der Waals surface area contributed by atoms with Gasteiger partial charge in [-0.05, 0) is 12.3 Å². The van der Waals surface area contributed by atoms with E-state index >= 15 is 0 Å². The fourth-order valence-corrected chi connectivity index (χ4v) is 1.64. The van der Waals surface area contributed by atoms with Gasteiger partial charge in [0.05, 0.1) is 25.6 Å². The Labute approximate surface area is 114 Å². The fraction of sp³-hybridized carbons (Fsp3) is 0.500. The number of carbonyl (C=O) groups is 1. The van der Waals surface area contributed by atoms with Gasteiger partial charge in [-0.2, -0.15) is 0 Å². The molecule has 19 heavy (non-hydrogen) atoms. The van der Waals surface area contributed by atoms with E-state index in [4.69, 9.17) is 15.2 Å². The molecule has 1 aromatic rings. The number of nitrogens with one attached hydrogen (secondary N) is 1. The van der Waals surface area contributed by atoms with Crippen LogP contribution in [0.25, 0.3) is 0 Å². The number of nitrogens with two attached hydrogens (primary N) is 1. The van der Waals surface area contributed by atoms with Gasteiger partial charge in [-0.1, -0.05) is 13.8 Å². The zero-order valence-electron chi connectivity index (χ0n) is 11.9. The summed E-state index contributed by atoms with van der Waals surface area (Å²) in [5.74, 6) is 1.53. The first kappa shape index (κ1) is 15.1. The Morgan fingerprint density at radius 2 is 1.84 bits per heavy atom. The van der Waals surface area contributed by atoms with Gasteiger partial charge in [-0.25, -0.2) is 0 Å². The molecule has 3 N–H and O–H groups in total. The molecular weight excluding hydrogens is 244 g/mol. The highest BCUT2D eigenvalue weighted by molar-refractivity contribution is 5.94. The van der Waals surface area contributed by atoms with Crippen LogP contribution in [-0.2, 0) is 4.79 Å². The van der Waals surface area contributed by atoms with Crippen LogP contribution in [-0.4, -0.2) is 20.1 Å². The van der Waals surface area contributed by atoms with Crippen molar-refractivity contribution >= 4 is 17.3 Å². The Morgan fingerprint density at radius 1 is 1.26 bits per heavy atom. The van der Waals surface area contributed by atoms with Crippen LogP contribution >= 0.6 is 0 Å². The molecule has 0 atom stereocenters. The van der Waals surface area contributed by atoms with E-state index in [0.29, 0.717) is 35.2 Å². The molecular formula is C14H22N2O3. The largest absolute Gasteiger partial charge is 0.493 e. The lowest BCUT2D eigenvalue weighted by atomic mass is 10.1. The van der Waals surface area contributed by atoms with Crippen LogP contribution in [0, 0.1) is 5.92 Å². The van der Waals surface area contributed by atoms with E-state index in [1.165, 1.54) is 7.11 Å². The fourth-order valence-electron chi connectivity index (χ4n) is 1.64. The van der Waals surface area contributed by atoms with E-state index in [9.17, 15) is 4.79 Å². The van der Waals surface area contributed by atoms with E-state index in [1.54, 1.807) is 19.2 Å². The second-order valence-corrected chi connectivity index (χ2v) is 4.78. The number of anilines is 2. The molecule has 106 valence electrons. The van der Waals surface area contributed by atoms with Gasteiger partial charge >= 0.3 is 0 Å². The summed E-state index contributed by atoms with van der Waals surface area (Å²) in [5, 5.41) is 2.79. The number of benzene rings is 1. The molecule has 0 heterocycles. The molecule has 0 bridgehead atoms. The normalized spacial score (nSPS) is 10.4. The summed E-state index contributed by atoms with van der Waals surface area (Å²) in [4.78, 5) is 11.8. The van der Waals surface area contributed by atoms with Crippen molar-refractivity contribution in [1.29, 1.82) is 0 Å². The summed E-state index contributed by atoms with van der Waals surface area (Å²) in [6.07, 6.45) is 1.32. The highest BCUT2D eigenvalue weighted by Gasteiger charge is 2.11. The molecule has 5 nitrogen and oxygen atoms in total. The molecule has 5 heteroatoms. The van der Waals surface area contributed by atoms with E-state index in [0.717, 1.165) is 6.42 Å². The number of hydrogen-bond donors (Lipinski definition) is 2. The van der Waals surface area contributed by atoms with Gasteiger partial charge in [-0.3, -0.25) is 4.79 Å². The molecule has 0 aliphatic heterocycles. The molecule has 0 saturated heterocycles. The van der Waals surface area contributed by atoms with Crippen molar-refractivity contribution in [2.75, 3.05) is 25.3 Å². The van der Waals surface area contributed by atoms with E-state index in [-0.39, 0.29) is 5.91 Å². The summed E-state index contributed by atoms with van der Waals surface area (Å²) >= 11 is 0. The molecule has 1 amide bonds. The molecule has 0 fully saturated rings. The van der Waals surface area contributed by atoms with E-state index in [2.05, 4.69) is 19.2 Å². The van der Waals surface area contributed by atoms with Crippen molar-refractivity contribution in [3.63, 3.8) is 0 Å². The minimum absolute atomic E-state index is 0.0485. The molecule has 0 unspecified atom stereocenters. The van der Waals surface area contributed by atoms with Gasteiger partial charge in [0, 0.05) is 18.6 Å². The van der Waals surface area contributed by atoms with Crippen LogP contribution in [0.1, 0.15) is 26.7 Å². The molecule has 1 aromatic carbocycles. The number of carbonyl (C=O) groups excluding carboxylic acids is 1. The predicted molar refractivity (Wildman–Crippen MR) is 76.7 cm³/mol. The smallest absolute Gasteiger partial charge is 0.224 e.